The van der Waals surface area contributed by atoms with Gasteiger partial charge in [-0.3, -0.25) is 19.2 Å². The van der Waals surface area contributed by atoms with Gasteiger partial charge in [0.25, 0.3) is 17.4 Å². The van der Waals surface area contributed by atoms with Crippen LogP contribution in [0.25, 0.3) is 10.9 Å². The molecule has 12 nitrogen and oxygen atoms in total. The molecule has 0 radical (unpaired) electrons. The van der Waals surface area contributed by atoms with Gasteiger partial charge in [0.05, 0.1) is 23.6 Å². The SMILES string of the molecule is O=CON1C(=O)CCC(Nc2ccc(N3CCC(N4CCC(SCc5nc6cc(OCC7CC7)cc(F)c6c(=O)[nH]5)CC4)CC3)c(F)c2)C1=O. The third-order valence-electron chi connectivity index (χ3n) is 10.0. The summed E-state index contributed by atoms with van der Waals surface area (Å²) in [6.07, 6.45) is 6.35. The molecule has 266 valence electrons. The molecule has 1 aromatic heterocycles. The largest absolute Gasteiger partial charge is 0.493 e. The van der Waals surface area contributed by atoms with Crippen LogP contribution in [0.15, 0.2) is 35.1 Å². The van der Waals surface area contributed by atoms with Crippen molar-refractivity contribution < 1.29 is 32.7 Å². The Labute approximate surface area is 291 Å². The van der Waals surface area contributed by atoms with Crippen molar-refractivity contribution in [3.8, 4) is 5.75 Å². The number of nitrogens with one attached hydrogen (secondary N) is 2. The Hall–Kier alpha value is -4.24. The summed E-state index contributed by atoms with van der Waals surface area (Å²) in [5.74, 6) is -0.302. The molecule has 4 heterocycles. The molecular formula is C35H40F2N6O6S. The van der Waals surface area contributed by atoms with Gasteiger partial charge in [-0.15, -0.1) is 5.06 Å². The molecule has 15 heteroatoms. The molecule has 50 heavy (non-hydrogen) atoms. The highest BCUT2D eigenvalue weighted by molar-refractivity contribution is 7.99. The van der Waals surface area contributed by atoms with E-state index in [2.05, 4.69) is 25.0 Å². The number of halogens is 2. The van der Waals surface area contributed by atoms with Crippen LogP contribution in [0.2, 0.25) is 0 Å². The third-order valence-corrected chi connectivity index (χ3v) is 11.4. The van der Waals surface area contributed by atoms with Gasteiger partial charge >= 0.3 is 6.47 Å². The van der Waals surface area contributed by atoms with Crippen molar-refractivity contribution in [2.75, 3.05) is 43.0 Å². The Balaban J connectivity index is 0.870. The number of imide groups is 1. The van der Waals surface area contributed by atoms with Crippen molar-refractivity contribution in [3.63, 3.8) is 0 Å². The zero-order valence-corrected chi connectivity index (χ0v) is 28.4. The molecule has 1 aliphatic carbocycles. The molecule has 3 saturated heterocycles. The van der Waals surface area contributed by atoms with E-state index < -0.39 is 35.0 Å². The van der Waals surface area contributed by atoms with E-state index in [-0.39, 0.29) is 24.7 Å². The average Bonchev–Trinajstić information content (AvgIpc) is 3.95. The van der Waals surface area contributed by atoms with Gasteiger partial charge in [-0.25, -0.2) is 13.8 Å². The van der Waals surface area contributed by atoms with E-state index in [1.807, 2.05) is 4.90 Å². The first-order chi connectivity index (χ1) is 24.2. The molecule has 2 N–H and O–H groups in total. The molecule has 4 fully saturated rings. The first-order valence-electron chi connectivity index (χ1n) is 17.2. The number of anilines is 2. The van der Waals surface area contributed by atoms with Crippen molar-refractivity contribution >= 4 is 52.3 Å². The second kappa shape index (κ2) is 14.9. The number of aromatic amines is 1. The quantitative estimate of drug-likeness (QED) is 0.205. The molecule has 1 atom stereocenters. The molecule has 4 aliphatic rings. The number of aromatic nitrogens is 2. The number of carbonyl (C=O) groups is 3. The number of hydrogen-bond donors (Lipinski definition) is 2. The van der Waals surface area contributed by atoms with Crippen LogP contribution in [0, 0.1) is 17.6 Å². The lowest BCUT2D eigenvalue weighted by Gasteiger charge is -2.42. The number of H-pyrrole nitrogens is 1. The number of thioether (sulfide) groups is 1. The van der Waals surface area contributed by atoms with Crippen molar-refractivity contribution in [2.24, 2.45) is 5.92 Å². The van der Waals surface area contributed by atoms with Gasteiger partial charge < -0.3 is 29.7 Å². The Morgan fingerprint density at radius 3 is 2.46 bits per heavy atom. The number of rotatable bonds is 12. The number of likely N-dealkylation sites (tertiary alicyclic amines) is 1. The van der Waals surface area contributed by atoms with E-state index in [0.717, 1.165) is 64.7 Å². The number of piperidine rings is 3. The van der Waals surface area contributed by atoms with Gasteiger partial charge in [0.15, 0.2) is 0 Å². The topological polar surface area (TPSA) is 137 Å². The predicted molar refractivity (Wildman–Crippen MR) is 184 cm³/mol. The summed E-state index contributed by atoms with van der Waals surface area (Å²) >= 11 is 1.77. The Kier molecular flexibility index (Phi) is 10.2. The number of nitrogens with zero attached hydrogens (tertiary/aromatic N) is 4. The summed E-state index contributed by atoms with van der Waals surface area (Å²) in [6, 6.07) is 7.29. The Bertz CT molecular complexity index is 1810. The van der Waals surface area contributed by atoms with Crippen molar-refractivity contribution in [1.82, 2.24) is 19.9 Å². The number of carbonyl (C=O) groups excluding carboxylic acids is 3. The smallest absolute Gasteiger partial charge is 0.321 e. The van der Waals surface area contributed by atoms with Crippen LogP contribution >= 0.6 is 11.8 Å². The predicted octanol–water partition coefficient (Wildman–Crippen LogP) is 4.37. The van der Waals surface area contributed by atoms with Gasteiger partial charge in [0, 0.05) is 48.6 Å². The van der Waals surface area contributed by atoms with Gasteiger partial charge in [-0.1, -0.05) is 0 Å². The van der Waals surface area contributed by atoms with E-state index in [9.17, 15) is 23.6 Å². The van der Waals surface area contributed by atoms with Gasteiger partial charge in [0.1, 0.15) is 34.6 Å². The summed E-state index contributed by atoms with van der Waals surface area (Å²) in [6.45, 7) is 3.95. The van der Waals surface area contributed by atoms with E-state index in [1.54, 1.807) is 30.0 Å². The average molecular weight is 711 g/mol. The normalized spacial score (nSPS) is 21.1. The monoisotopic (exact) mass is 710 g/mol. The minimum atomic E-state index is -0.813. The van der Waals surface area contributed by atoms with Gasteiger partial charge in [-0.2, -0.15) is 11.8 Å². The van der Waals surface area contributed by atoms with E-state index in [1.165, 1.54) is 12.1 Å². The zero-order valence-electron chi connectivity index (χ0n) is 27.6. The van der Waals surface area contributed by atoms with E-state index in [0.29, 0.717) is 63.1 Å². The fourth-order valence-corrected chi connectivity index (χ4v) is 8.15. The van der Waals surface area contributed by atoms with Crippen LogP contribution in [0.3, 0.4) is 0 Å². The molecular weight excluding hydrogens is 670 g/mol. The Morgan fingerprint density at radius 1 is 0.960 bits per heavy atom. The first kappa shape index (κ1) is 34.2. The zero-order chi connectivity index (χ0) is 34.8. The molecule has 0 bridgehead atoms. The van der Waals surface area contributed by atoms with Crippen molar-refractivity contribution in [3.05, 3.63) is 58.1 Å². The summed E-state index contributed by atoms with van der Waals surface area (Å²) in [5, 5.41) is 3.79. The highest BCUT2D eigenvalue weighted by Gasteiger charge is 2.36. The van der Waals surface area contributed by atoms with Crippen LogP contribution in [-0.4, -0.2) is 88.3 Å². The third kappa shape index (κ3) is 7.73. The van der Waals surface area contributed by atoms with Crippen LogP contribution < -0.4 is 20.5 Å². The lowest BCUT2D eigenvalue weighted by Crippen LogP contribution is -2.50. The summed E-state index contributed by atoms with van der Waals surface area (Å²) in [5.41, 5.74) is 0.752. The number of amides is 2. The number of fused-ring (bicyclic) bond motifs is 1. The second-order valence-electron chi connectivity index (χ2n) is 13.5. The lowest BCUT2D eigenvalue weighted by atomic mass is 9.99. The number of hydroxylamine groups is 2. The van der Waals surface area contributed by atoms with Crippen LogP contribution in [0.1, 0.15) is 57.2 Å². The maximum Gasteiger partial charge on any atom is 0.321 e. The molecule has 3 aromatic rings. The maximum absolute atomic E-state index is 15.3. The first-order valence-corrected chi connectivity index (χ1v) is 18.3. The standard InChI is InChI=1S/C35H40F2N6O6S/c36-26-15-22(38-28-4-6-32(45)43(35(28)47)49-20-44)3-5-30(26)42-11-7-23(8-12-42)41-13-9-25(10-14-41)50-19-31-39-29-17-24(48-18-21-1-2-21)16-27(37)33(29)34(46)40-31/h3,5,15-17,20-21,23,25,28,38H,1-2,4,6-14,18-19H2,(H,39,40,46). The maximum atomic E-state index is 15.3. The van der Waals surface area contributed by atoms with E-state index in [4.69, 9.17) is 4.74 Å². The highest BCUT2D eigenvalue weighted by atomic mass is 32.2. The van der Waals surface area contributed by atoms with Gasteiger partial charge in [-0.05, 0) is 82.2 Å². The number of ether oxygens (including phenoxy) is 1. The number of hydrogen-bond acceptors (Lipinski definition) is 11. The fourth-order valence-electron chi connectivity index (χ4n) is 7.07. The minimum absolute atomic E-state index is 0.0226. The summed E-state index contributed by atoms with van der Waals surface area (Å²) in [4.78, 5) is 64.2. The molecule has 1 unspecified atom stereocenters. The molecule has 0 spiro atoms. The fraction of sp³-hybridized carbons (Fsp3) is 0.514. The molecule has 7 rings (SSSR count). The van der Waals surface area contributed by atoms with Gasteiger partial charge in [0.2, 0.25) is 0 Å². The van der Waals surface area contributed by atoms with Crippen molar-refractivity contribution in [2.45, 2.75) is 74.5 Å². The molecule has 3 aliphatic heterocycles. The van der Waals surface area contributed by atoms with E-state index >= 15 is 4.39 Å². The Morgan fingerprint density at radius 2 is 1.74 bits per heavy atom. The van der Waals surface area contributed by atoms with Crippen molar-refractivity contribution in [1.29, 1.82) is 0 Å². The highest BCUT2D eigenvalue weighted by Crippen LogP contribution is 2.33. The molecule has 2 aromatic carbocycles. The number of benzene rings is 2. The molecule has 2 amide bonds. The van der Waals surface area contributed by atoms with Crippen LogP contribution in [0.4, 0.5) is 20.2 Å². The molecule has 1 saturated carbocycles. The summed E-state index contributed by atoms with van der Waals surface area (Å²) < 4.78 is 35.7. The summed E-state index contributed by atoms with van der Waals surface area (Å²) in [7, 11) is 0. The van der Waals surface area contributed by atoms with Crippen LogP contribution in [0.5, 0.6) is 5.75 Å². The van der Waals surface area contributed by atoms with Crippen LogP contribution in [-0.2, 0) is 25.0 Å². The minimum Gasteiger partial charge on any atom is -0.493 e. The lowest BCUT2D eigenvalue weighted by molar-refractivity contribution is -0.197. The second-order valence-corrected chi connectivity index (χ2v) is 14.7.